The number of benzene rings is 1. The Hall–Kier alpha value is -1.55. The van der Waals surface area contributed by atoms with E-state index in [-0.39, 0.29) is 0 Å². The maximum atomic E-state index is 5.71. The Morgan fingerprint density at radius 3 is 2.39 bits per heavy atom. The molecule has 0 fully saturated rings. The van der Waals surface area contributed by atoms with Crippen molar-refractivity contribution in [1.82, 2.24) is 4.98 Å². The molecule has 4 heteroatoms. The van der Waals surface area contributed by atoms with Gasteiger partial charge in [0.1, 0.15) is 6.61 Å². The minimum atomic E-state index is 0.428. The van der Waals surface area contributed by atoms with Gasteiger partial charge >= 0.3 is 0 Å². The summed E-state index contributed by atoms with van der Waals surface area (Å²) in [4.78, 5) is 4.26. The number of hydrogen-bond acceptors (Lipinski definition) is 3. The summed E-state index contributed by atoms with van der Waals surface area (Å²) < 4.78 is 12.2. The smallest absolute Gasteiger partial charge is 0.161 e. The van der Waals surface area contributed by atoms with Gasteiger partial charge in [0.25, 0.3) is 0 Å². The molecule has 0 atom stereocenters. The van der Waals surface area contributed by atoms with Crippen molar-refractivity contribution in [1.29, 1.82) is 0 Å². The number of ether oxygens (including phenoxy) is 2. The van der Waals surface area contributed by atoms with E-state index >= 15 is 0 Å². The highest BCUT2D eigenvalue weighted by Crippen LogP contribution is 2.27. The molecule has 2 aromatic rings. The zero-order chi connectivity index (χ0) is 12.8. The molecule has 1 aromatic carbocycles. The molecule has 94 valence electrons. The average Bonchev–Trinajstić information content (AvgIpc) is 2.40. The molecule has 0 radical (unpaired) electrons. The first-order valence-electron chi connectivity index (χ1n) is 5.74. The summed E-state index contributed by atoms with van der Waals surface area (Å²) in [6.07, 6.45) is 1.76. The van der Waals surface area contributed by atoms with Crippen LogP contribution in [0.15, 0.2) is 47.1 Å². The lowest BCUT2D eigenvalue weighted by molar-refractivity contribution is 0.266. The normalized spacial score (nSPS) is 10.1. The molecule has 18 heavy (non-hydrogen) atoms. The largest absolute Gasteiger partial charge is 0.490 e. The van der Waals surface area contributed by atoms with E-state index in [1.54, 1.807) is 6.20 Å². The van der Waals surface area contributed by atoms with E-state index in [0.717, 1.165) is 21.7 Å². The number of nitrogens with zero attached hydrogens (tertiary/aromatic N) is 1. The van der Waals surface area contributed by atoms with Crippen LogP contribution in [0.3, 0.4) is 0 Å². The summed E-state index contributed by atoms with van der Waals surface area (Å²) in [5.74, 6) is 1.50. The van der Waals surface area contributed by atoms with Crippen LogP contribution in [0.1, 0.15) is 12.6 Å². The molecule has 0 aliphatic carbocycles. The molecule has 0 aliphatic rings. The molecule has 1 heterocycles. The van der Waals surface area contributed by atoms with Crippen LogP contribution in [-0.2, 0) is 6.61 Å². The van der Waals surface area contributed by atoms with Gasteiger partial charge in [0.05, 0.1) is 12.3 Å². The number of pyridine rings is 1. The topological polar surface area (TPSA) is 31.4 Å². The van der Waals surface area contributed by atoms with Crippen molar-refractivity contribution in [3.63, 3.8) is 0 Å². The van der Waals surface area contributed by atoms with Gasteiger partial charge in [0.15, 0.2) is 11.5 Å². The molecule has 3 nitrogen and oxygen atoms in total. The Kier molecular flexibility index (Phi) is 4.59. The first-order valence-corrected chi connectivity index (χ1v) is 6.54. The SMILES string of the molecule is CCOc1ccccc1OCc1ccc(Br)cn1. The highest BCUT2D eigenvalue weighted by Gasteiger charge is 2.04. The van der Waals surface area contributed by atoms with Crippen LogP contribution in [0.5, 0.6) is 11.5 Å². The van der Waals surface area contributed by atoms with Crippen LogP contribution in [0.2, 0.25) is 0 Å². The third-order valence-electron chi connectivity index (χ3n) is 2.31. The van der Waals surface area contributed by atoms with Crippen molar-refractivity contribution in [2.75, 3.05) is 6.61 Å². The standard InChI is InChI=1S/C14H14BrNO2/c1-2-17-13-5-3-4-6-14(13)18-10-12-8-7-11(15)9-16-12/h3-9H,2,10H2,1H3. The maximum Gasteiger partial charge on any atom is 0.161 e. The summed E-state index contributed by atoms with van der Waals surface area (Å²) in [7, 11) is 0. The minimum absolute atomic E-state index is 0.428. The molecule has 0 saturated carbocycles. The lowest BCUT2D eigenvalue weighted by Crippen LogP contribution is -2.00. The fraction of sp³-hybridized carbons (Fsp3) is 0.214. The van der Waals surface area contributed by atoms with Crippen molar-refractivity contribution in [2.24, 2.45) is 0 Å². The Morgan fingerprint density at radius 1 is 1.06 bits per heavy atom. The first kappa shape index (κ1) is 12.9. The van der Waals surface area contributed by atoms with Crippen LogP contribution in [0, 0.1) is 0 Å². The van der Waals surface area contributed by atoms with Gasteiger partial charge in [-0.05, 0) is 47.1 Å². The molecule has 2 rings (SSSR count). The minimum Gasteiger partial charge on any atom is -0.490 e. The molecule has 0 unspecified atom stereocenters. The fourth-order valence-electron chi connectivity index (χ4n) is 1.49. The van der Waals surface area contributed by atoms with Crippen molar-refractivity contribution in [3.05, 3.63) is 52.8 Å². The summed E-state index contributed by atoms with van der Waals surface area (Å²) in [6.45, 7) is 3.00. The van der Waals surface area contributed by atoms with Crippen LogP contribution in [-0.4, -0.2) is 11.6 Å². The van der Waals surface area contributed by atoms with E-state index in [9.17, 15) is 0 Å². The van der Waals surface area contributed by atoms with E-state index in [4.69, 9.17) is 9.47 Å². The van der Waals surface area contributed by atoms with Crippen LogP contribution >= 0.6 is 15.9 Å². The Bertz CT molecular complexity index is 499. The van der Waals surface area contributed by atoms with Crippen LogP contribution < -0.4 is 9.47 Å². The number of para-hydroxylation sites is 2. The van der Waals surface area contributed by atoms with Crippen molar-refractivity contribution in [2.45, 2.75) is 13.5 Å². The number of hydrogen-bond donors (Lipinski definition) is 0. The van der Waals surface area contributed by atoms with Crippen LogP contribution in [0.25, 0.3) is 0 Å². The van der Waals surface area contributed by atoms with Gasteiger partial charge in [0, 0.05) is 10.7 Å². The molecule has 0 N–H and O–H groups in total. The van der Waals surface area contributed by atoms with E-state index in [1.807, 2.05) is 43.3 Å². The molecule has 0 saturated heterocycles. The van der Waals surface area contributed by atoms with Crippen molar-refractivity contribution < 1.29 is 9.47 Å². The second-order valence-corrected chi connectivity index (χ2v) is 4.55. The highest BCUT2D eigenvalue weighted by atomic mass is 79.9. The fourth-order valence-corrected chi connectivity index (χ4v) is 1.72. The van der Waals surface area contributed by atoms with Gasteiger partial charge in [-0.15, -0.1) is 0 Å². The van der Waals surface area contributed by atoms with Gasteiger partial charge in [-0.25, -0.2) is 0 Å². The van der Waals surface area contributed by atoms with Crippen LogP contribution in [0.4, 0.5) is 0 Å². The molecule has 0 spiro atoms. The second-order valence-electron chi connectivity index (χ2n) is 3.64. The van der Waals surface area contributed by atoms with Gasteiger partial charge in [-0.2, -0.15) is 0 Å². The summed E-state index contributed by atoms with van der Waals surface area (Å²) >= 11 is 3.35. The molecular weight excluding hydrogens is 294 g/mol. The van der Waals surface area contributed by atoms with E-state index in [0.29, 0.717) is 13.2 Å². The third-order valence-corrected chi connectivity index (χ3v) is 2.78. The summed E-state index contributed by atoms with van der Waals surface area (Å²) in [5, 5.41) is 0. The van der Waals surface area contributed by atoms with Crippen molar-refractivity contribution in [3.8, 4) is 11.5 Å². The molecule has 0 bridgehead atoms. The van der Waals surface area contributed by atoms with E-state index < -0.39 is 0 Å². The van der Waals surface area contributed by atoms with Gasteiger partial charge in [-0.1, -0.05) is 12.1 Å². The predicted molar refractivity (Wildman–Crippen MR) is 73.9 cm³/mol. The van der Waals surface area contributed by atoms with E-state index in [2.05, 4.69) is 20.9 Å². The quantitative estimate of drug-likeness (QED) is 0.841. The highest BCUT2D eigenvalue weighted by molar-refractivity contribution is 9.10. The monoisotopic (exact) mass is 307 g/mol. The summed E-state index contributed by atoms with van der Waals surface area (Å²) in [5.41, 5.74) is 0.879. The summed E-state index contributed by atoms with van der Waals surface area (Å²) in [6, 6.07) is 11.5. The Morgan fingerprint density at radius 2 is 1.78 bits per heavy atom. The van der Waals surface area contributed by atoms with Crippen molar-refractivity contribution >= 4 is 15.9 Å². The lowest BCUT2D eigenvalue weighted by Gasteiger charge is -2.11. The van der Waals surface area contributed by atoms with Gasteiger partial charge < -0.3 is 9.47 Å². The zero-order valence-corrected chi connectivity index (χ0v) is 11.7. The number of aromatic nitrogens is 1. The zero-order valence-electron chi connectivity index (χ0n) is 10.1. The van der Waals surface area contributed by atoms with Gasteiger partial charge in [-0.3, -0.25) is 4.98 Å². The second kappa shape index (κ2) is 6.40. The first-order chi connectivity index (χ1) is 8.79. The molecule has 0 amide bonds. The van der Waals surface area contributed by atoms with E-state index in [1.165, 1.54) is 0 Å². The Labute approximate surface area is 115 Å². The molecular formula is C14H14BrNO2. The average molecular weight is 308 g/mol. The maximum absolute atomic E-state index is 5.71. The number of rotatable bonds is 5. The number of halogens is 1. The third kappa shape index (κ3) is 3.47. The molecule has 0 aliphatic heterocycles. The predicted octanol–water partition coefficient (Wildman–Crippen LogP) is 3.82. The van der Waals surface area contributed by atoms with Gasteiger partial charge in [0.2, 0.25) is 0 Å². The lowest BCUT2D eigenvalue weighted by atomic mass is 10.3. The molecule has 1 aromatic heterocycles. The Balaban J connectivity index is 2.03.